The molecule has 0 saturated carbocycles. The molecule has 1 aliphatic heterocycles. The first-order valence-electron chi connectivity index (χ1n) is 11.3. The molecule has 4 aromatic rings. The van der Waals surface area contributed by atoms with Crippen LogP contribution in [-0.4, -0.2) is 59.1 Å². The quantitative estimate of drug-likeness (QED) is 0.366. The van der Waals surface area contributed by atoms with Gasteiger partial charge in [-0.1, -0.05) is 36.4 Å². The topological polar surface area (TPSA) is 116 Å². The van der Waals surface area contributed by atoms with Crippen LogP contribution in [0.2, 0.25) is 0 Å². The highest BCUT2D eigenvalue weighted by Gasteiger charge is 2.25. The number of nitrogens with one attached hydrogen (secondary N) is 3. The first-order chi connectivity index (χ1) is 17.1. The third-order valence-corrected chi connectivity index (χ3v) is 7.62. The number of anilines is 2. The second-order valence-corrected chi connectivity index (χ2v) is 10.0. The van der Waals surface area contributed by atoms with Gasteiger partial charge in [-0.15, -0.1) is 0 Å². The molecule has 1 aliphatic rings. The van der Waals surface area contributed by atoms with Gasteiger partial charge in [0.15, 0.2) is 0 Å². The summed E-state index contributed by atoms with van der Waals surface area (Å²) in [5.41, 5.74) is 4.80. The van der Waals surface area contributed by atoms with Gasteiger partial charge in [0, 0.05) is 61.6 Å². The van der Waals surface area contributed by atoms with Crippen LogP contribution in [0.15, 0.2) is 78.2 Å². The van der Waals surface area contributed by atoms with Gasteiger partial charge >= 0.3 is 0 Å². The van der Waals surface area contributed by atoms with Crippen LogP contribution in [0.25, 0.3) is 23.3 Å². The van der Waals surface area contributed by atoms with Crippen LogP contribution < -0.4 is 10.6 Å². The Kier molecular flexibility index (Phi) is 6.66. The minimum absolute atomic E-state index is 0.282. The number of piperazine rings is 1. The van der Waals surface area contributed by atoms with Gasteiger partial charge in [0.05, 0.1) is 11.1 Å². The highest BCUT2D eigenvalue weighted by atomic mass is 32.2. The van der Waals surface area contributed by atoms with E-state index >= 15 is 0 Å². The van der Waals surface area contributed by atoms with Crippen molar-refractivity contribution >= 4 is 33.8 Å². The molecule has 0 aliphatic carbocycles. The lowest BCUT2D eigenvalue weighted by atomic mass is 10.1. The molecule has 0 radical (unpaired) electrons. The van der Waals surface area contributed by atoms with Gasteiger partial charge in [0.25, 0.3) is 0 Å². The van der Waals surface area contributed by atoms with Crippen LogP contribution in [-0.2, 0) is 10.0 Å². The van der Waals surface area contributed by atoms with Gasteiger partial charge in [-0.05, 0) is 35.4 Å². The van der Waals surface area contributed by atoms with E-state index in [1.165, 1.54) is 4.31 Å². The van der Waals surface area contributed by atoms with Crippen LogP contribution >= 0.6 is 0 Å². The Morgan fingerprint density at radius 2 is 1.51 bits per heavy atom. The zero-order valence-electron chi connectivity index (χ0n) is 18.9. The fraction of sp³-hybridized carbons (Fsp3) is 0.160. The Morgan fingerprint density at radius 1 is 0.829 bits per heavy atom. The molecule has 1 saturated heterocycles. The van der Waals surface area contributed by atoms with Crippen molar-refractivity contribution in [1.29, 1.82) is 0 Å². The maximum absolute atomic E-state index is 12.8. The molecule has 0 unspecified atom stereocenters. The number of aromatic nitrogens is 4. The predicted molar refractivity (Wildman–Crippen MR) is 136 cm³/mol. The van der Waals surface area contributed by atoms with Crippen molar-refractivity contribution in [3.8, 4) is 11.1 Å². The molecule has 9 nitrogen and oxygen atoms in total. The monoisotopic (exact) mass is 487 g/mol. The summed E-state index contributed by atoms with van der Waals surface area (Å²) in [6.07, 6.45) is 11.1. The van der Waals surface area contributed by atoms with Crippen molar-refractivity contribution in [2.45, 2.75) is 4.90 Å². The second kappa shape index (κ2) is 10.2. The smallest absolute Gasteiger partial charge is 0.243 e. The Morgan fingerprint density at radius 3 is 2.17 bits per heavy atom. The average Bonchev–Trinajstić information content (AvgIpc) is 3.45. The van der Waals surface area contributed by atoms with Crippen LogP contribution in [0.1, 0.15) is 11.1 Å². The number of sulfonamides is 1. The molecule has 0 bridgehead atoms. The van der Waals surface area contributed by atoms with E-state index in [9.17, 15) is 8.42 Å². The Balaban J connectivity index is 1.20. The molecule has 3 N–H and O–H groups in total. The molecule has 1 fully saturated rings. The van der Waals surface area contributed by atoms with E-state index in [4.69, 9.17) is 0 Å². The fourth-order valence-electron chi connectivity index (χ4n) is 3.75. The van der Waals surface area contributed by atoms with E-state index in [0.717, 1.165) is 22.3 Å². The number of H-pyrrole nitrogens is 1. The van der Waals surface area contributed by atoms with E-state index in [0.29, 0.717) is 37.8 Å². The van der Waals surface area contributed by atoms with Crippen molar-refractivity contribution in [3.05, 3.63) is 84.4 Å². The normalized spacial score (nSPS) is 14.9. The second-order valence-electron chi connectivity index (χ2n) is 8.09. The van der Waals surface area contributed by atoms with E-state index in [-0.39, 0.29) is 4.90 Å². The number of aromatic amines is 1. The summed E-state index contributed by atoms with van der Waals surface area (Å²) in [7, 11) is -3.48. The molecule has 0 spiro atoms. The predicted octanol–water partition coefficient (Wildman–Crippen LogP) is 3.37. The van der Waals surface area contributed by atoms with Gasteiger partial charge in [-0.25, -0.2) is 18.4 Å². The molecule has 3 heterocycles. The lowest BCUT2D eigenvalue weighted by molar-refractivity contribution is 0.360. The van der Waals surface area contributed by atoms with Crippen molar-refractivity contribution in [3.63, 3.8) is 0 Å². The Hall–Kier alpha value is -3.86. The van der Waals surface area contributed by atoms with Crippen molar-refractivity contribution < 1.29 is 8.42 Å². The third-order valence-electron chi connectivity index (χ3n) is 5.71. The standard InChI is InChI=1S/C25H25N7O2S/c33-35(34,32-13-11-26-12-14-32)24-9-7-23(8-10-24)31-25-27-15-20(16-28-25)2-1-19-3-5-21(6-4-19)22-17-29-30-18-22/h1-10,15-18,26H,11-14H2,(H,29,30)(H,27,28,31)/b2-1+. The van der Waals surface area contributed by atoms with Crippen molar-refractivity contribution in [2.75, 3.05) is 31.5 Å². The van der Waals surface area contributed by atoms with Crippen LogP contribution in [0.3, 0.4) is 0 Å². The molecule has 0 amide bonds. The lowest BCUT2D eigenvalue weighted by Crippen LogP contribution is -2.46. The van der Waals surface area contributed by atoms with Gasteiger partial charge < -0.3 is 10.6 Å². The number of hydrogen-bond acceptors (Lipinski definition) is 7. The zero-order valence-corrected chi connectivity index (χ0v) is 19.7. The molecule has 178 valence electrons. The largest absolute Gasteiger partial charge is 0.324 e. The minimum atomic E-state index is -3.48. The number of benzene rings is 2. The summed E-state index contributed by atoms with van der Waals surface area (Å²) in [5.74, 6) is 0.435. The third kappa shape index (κ3) is 5.46. The molecule has 0 atom stereocenters. The highest BCUT2D eigenvalue weighted by Crippen LogP contribution is 2.21. The van der Waals surface area contributed by atoms with Crippen LogP contribution in [0.5, 0.6) is 0 Å². The van der Waals surface area contributed by atoms with E-state index in [1.807, 2.05) is 42.6 Å². The number of nitrogens with zero attached hydrogens (tertiary/aromatic N) is 4. The fourth-order valence-corrected chi connectivity index (χ4v) is 5.19. The van der Waals surface area contributed by atoms with Crippen molar-refractivity contribution in [1.82, 2.24) is 29.8 Å². The Bertz CT molecular complexity index is 1380. The number of hydrogen-bond donors (Lipinski definition) is 3. The average molecular weight is 488 g/mol. The molecule has 10 heteroatoms. The van der Waals surface area contributed by atoms with Crippen LogP contribution in [0, 0.1) is 0 Å². The summed E-state index contributed by atoms with van der Waals surface area (Å²) >= 11 is 0. The molecule has 5 rings (SSSR count). The van der Waals surface area contributed by atoms with Gasteiger partial charge in [-0.2, -0.15) is 9.40 Å². The minimum Gasteiger partial charge on any atom is -0.324 e. The summed E-state index contributed by atoms with van der Waals surface area (Å²) in [4.78, 5) is 9.00. The van der Waals surface area contributed by atoms with Gasteiger partial charge in [-0.3, -0.25) is 5.10 Å². The first kappa shape index (κ1) is 22.9. The lowest BCUT2D eigenvalue weighted by Gasteiger charge is -2.26. The molecule has 2 aromatic carbocycles. The van der Waals surface area contributed by atoms with E-state index in [1.54, 1.807) is 42.9 Å². The molecule has 35 heavy (non-hydrogen) atoms. The summed E-state index contributed by atoms with van der Waals surface area (Å²) in [6.45, 7) is 2.29. The summed E-state index contributed by atoms with van der Waals surface area (Å²) in [5, 5.41) is 13.1. The van der Waals surface area contributed by atoms with Gasteiger partial charge in [0.2, 0.25) is 16.0 Å². The van der Waals surface area contributed by atoms with Crippen LogP contribution in [0.4, 0.5) is 11.6 Å². The first-order valence-corrected chi connectivity index (χ1v) is 12.7. The van der Waals surface area contributed by atoms with E-state index in [2.05, 4.69) is 30.8 Å². The summed E-state index contributed by atoms with van der Waals surface area (Å²) < 4.78 is 27.1. The van der Waals surface area contributed by atoms with Gasteiger partial charge in [0.1, 0.15) is 0 Å². The van der Waals surface area contributed by atoms with E-state index < -0.39 is 10.0 Å². The van der Waals surface area contributed by atoms with Crippen molar-refractivity contribution in [2.24, 2.45) is 0 Å². The summed E-state index contributed by atoms with van der Waals surface area (Å²) in [6, 6.07) is 14.8. The number of rotatable bonds is 7. The Labute approximate surface area is 204 Å². The maximum Gasteiger partial charge on any atom is 0.243 e. The molecular weight excluding hydrogens is 462 g/mol. The zero-order chi connectivity index (χ0) is 24.1. The maximum atomic E-state index is 12.8. The highest BCUT2D eigenvalue weighted by molar-refractivity contribution is 7.89. The molecular formula is C25H25N7O2S. The SMILES string of the molecule is O=S(=O)(c1ccc(Nc2ncc(/C=C/c3ccc(-c4cn[nH]c4)cc3)cn2)cc1)N1CCNCC1. The molecule has 2 aromatic heterocycles.